The molecule has 0 aliphatic rings. The molecule has 1 aromatic carbocycles. The third kappa shape index (κ3) is 3.82. The maximum atomic E-state index is 12.1. The summed E-state index contributed by atoms with van der Waals surface area (Å²) in [6, 6.07) is 7.23. The Morgan fingerprint density at radius 3 is 2.50 bits per heavy atom. The highest BCUT2D eigenvalue weighted by atomic mass is 35.5. The van der Waals surface area contributed by atoms with E-state index in [1.54, 1.807) is 12.1 Å². The molecule has 2 nitrogen and oxygen atoms in total. The number of carbonyl (C=O) groups excluding carboxylic acids is 1. The van der Waals surface area contributed by atoms with Crippen molar-refractivity contribution in [3.05, 3.63) is 34.9 Å². The summed E-state index contributed by atoms with van der Waals surface area (Å²) in [5, 5.41) is 0.542. The van der Waals surface area contributed by atoms with Crippen molar-refractivity contribution in [2.45, 2.75) is 39.2 Å². The van der Waals surface area contributed by atoms with E-state index in [9.17, 15) is 4.79 Å². The Morgan fingerprint density at radius 1 is 1.33 bits per heavy atom. The maximum absolute atomic E-state index is 12.1. The molecule has 100 valence electrons. The molecule has 0 aromatic heterocycles. The first kappa shape index (κ1) is 15.2. The summed E-state index contributed by atoms with van der Waals surface area (Å²) in [7, 11) is 2.06. The van der Waals surface area contributed by atoms with Crippen LogP contribution < -0.4 is 0 Å². The molecule has 0 atom stereocenters. The Balaban J connectivity index is 2.60. The van der Waals surface area contributed by atoms with Crippen molar-refractivity contribution in [2.24, 2.45) is 0 Å². The van der Waals surface area contributed by atoms with Gasteiger partial charge in [-0.3, -0.25) is 4.79 Å². The van der Waals surface area contributed by atoms with Crippen LogP contribution in [0, 0.1) is 0 Å². The van der Waals surface area contributed by atoms with E-state index in [0.717, 1.165) is 13.0 Å². The van der Waals surface area contributed by atoms with Gasteiger partial charge in [-0.1, -0.05) is 30.7 Å². The van der Waals surface area contributed by atoms with Gasteiger partial charge >= 0.3 is 0 Å². The monoisotopic (exact) mass is 267 g/mol. The first-order valence-electron chi connectivity index (χ1n) is 6.37. The Kier molecular flexibility index (Phi) is 5.36. The number of Topliss-reactive ketones (excluding diaryl/α,β-unsaturated/α-hetero) is 1. The van der Waals surface area contributed by atoms with Crippen molar-refractivity contribution in [3.63, 3.8) is 0 Å². The molecule has 0 saturated heterocycles. The summed E-state index contributed by atoms with van der Waals surface area (Å²) >= 11 is 6.02. The van der Waals surface area contributed by atoms with Crippen LogP contribution in [-0.2, 0) is 0 Å². The summed E-state index contributed by atoms with van der Waals surface area (Å²) in [6.45, 7) is 7.29. The quantitative estimate of drug-likeness (QED) is 0.725. The first-order valence-corrected chi connectivity index (χ1v) is 6.75. The van der Waals surface area contributed by atoms with Gasteiger partial charge in [-0.25, -0.2) is 0 Å². The molecule has 1 rings (SSSR count). The number of halogens is 1. The number of nitrogens with zero attached hydrogens (tertiary/aromatic N) is 1. The number of hydrogen-bond donors (Lipinski definition) is 0. The zero-order valence-electron chi connectivity index (χ0n) is 11.7. The molecule has 0 aliphatic heterocycles. The van der Waals surface area contributed by atoms with Crippen molar-refractivity contribution in [3.8, 4) is 0 Å². The van der Waals surface area contributed by atoms with Gasteiger partial charge in [0, 0.05) is 24.1 Å². The van der Waals surface area contributed by atoms with Crippen LogP contribution in [0.2, 0.25) is 5.02 Å². The van der Waals surface area contributed by atoms with E-state index in [1.807, 2.05) is 12.1 Å². The van der Waals surface area contributed by atoms with Crippen LogP contribution >= 0.6 is 11.6 Å². The lowest BCUT2D eigenvalue weighted by Crippen LogP contribution is -2.41. The van der Waals surface area contributed by atoms with E-state index in [4.69, 9.17) is 11.6 Å². The van der Waals surface area contributed by atoms with Gasteiger partial charge in [0.1, 0.15) is 0 Å². The van der Waals surface area contributed by atoms with Gasteiger partial charge in [0.25, 0.3) is 0 Å². The largest absolute Gasteiger partial charge is 0.301 e. The lowest BCUT2D eigenvalue weighted by molar-refractivity contribution is 0.0929. The highest BCUT2D eigenvalue weighted by Crippen LogP contribution is 2.19. The van der Waals surface area contributed by atoms with E-state index in [1.165, 1.54) is 0 Å². The second-order valence-electron chi connectivity index (χ2n) is 5.24. The van der Waals surface area contributed by atoms with Crippen LogP contribution in [0.15, 0.2) is 24.3 Å². The third-order valence-electron chi connectivity index (χ3n) is 3.75. The van der Waals surface area contributed by atoms with Crippen molar-refractivity contribution in [2.75, 3.05) is 13.6 Å². The summed E-state index contributed by atoms with van der Waals surface area (Å²) in [5.41, 5.74) is 0.752. The second-order valence-corrected chi connectivity index (χ2v) is 5.65. The lowest BCUT2D eigenvalue weighted by atomic mass is 9.99. The standard InChI is InChI=1S/C15H22ClNO/c1-5-15(2,3)17(4)11-10-14(18)12-8-6-7-9-13(12)16/h6-9H,5,10-11H2,1-4H3. The second kappa shape index (κ2) is 6.35. The Hall–Kier alpha value is -0.860. The number of hydrogen-bond acceptors (Lipinski definition) is 2. The van der Waals surface area contributed by atoms with E-state index in [-0.39, 0.29) is 11.3 Å². The highest BCUT2D eigenvalue weighted by molar-refractivity contribution is 6.33. The smallest absolute Gasteiger partial charge is 0.165 e. The minimum Gasteiger partial charge on any atom is -0.301 e. The van der Waals surface area contributed by atoms with Crippen molar-refractivity contribution in [1.82, 2.24) is 4.90 Å². The topological polar surface area (TPSA) is 20.3 Å². The zero-order valence-corrected chi connectivity index (χ0v) is 12.4. The molecule has 0 saturated carbocycles. The predicted molar refractivity (Wildman–Crippen MR) is 77.4 cm³/mol. The fourth-order valence-corrected chi connectivity index (χ4v) is 1.90. The van der Waals surface area contributed by atoms with E-state index < -0.39 is 0 Å². The molecule has 0 fully saturated rings. The van der Waals surface area contributed by atoms with Crippen LogP contribution in [0.1, 0.15) is 44.0 Å². The first-order chi connectivity index (χ1) is 8.38. The fourth-order valence-electron chi connectivity index (χ4n) is 1.66. The minimum absolute atomic E-state index is 0.111. The number of rotatable bonds is 6. The fraction of sp³-hybridized carbons (Fsp3) is 0.533. The van der Waals surface area contributed by atoms with Crippen LogP contribution in [-0.4, -0.2) is 29.8 Å². The van der Waals surface area contributed by atoms with Crippen molar-refractivity contribution >= 4 is 17.4 Å². The number of ketones is 1. The molecule has 3 heteroatoms. The van der Waals surface area contributed by atoms with Crippen LogP contribution in [0.5, 0.6) is 0 Å². The van der Waals surface area contributed by atoms with E-state index >= 15 is 0 Å². The molecule has 0 N–H and O–H groups in total. The molecule has 0 radical (unpaired) electrons. The average molecular weight is 268 g/mol. The van der Waals surface area contributed by atoms with Crippen LogP contribution in [0.4, 0.5) is 0 Å². The van der Waals surface area contributed by atoms with Crippen molar-refractivity contribution in [1.29, 1.82) is 0 Å². The number of benzene rings is 1. The molecule has 0 aliphatic carbocycles. The lowest BCUT2D eigenvalue weighted by Gasteiger charge is -2.34. The molecule has 1 aromatic rings. The maximum Gasteiger partial charge on any atom is 0.165 e. The normalized spacial score (nSPS) is 11.9. The predicted octanol–water partition coefficient (Wildman–Crippen LogP) is 4.03. The highest BCUT2D eigenvalue weighted by Gasteiger charge is 2.21. The van der Waals surface area contributed by atoms with Gasteiger partial charge in [-0.15, -0.1) is 0 Å². The summed E-state index contributed by atoms with van der Waals surface area (Å²) in [6.07, 6.45) is 1.56. The molecule has 0 bridgehead atoms. The van der Waals surface area contributed by atoms with Gasteiger partial charge in [-0.2, -0.15) is 0 Å². The van der Waals surface area contributed by atoms with Crippen molar-refractivity contribution < 1.29 is 4.79 Å². The van der Waals surface area contributed by atoms with E-state index in [2.05, 4.69) is 32.7 Å². The van der Waals surface area contributed by atoms with Gasteiger partial charge in [0.05, 0.1) is 5.02 Å². The van der Waals surface area contributed by atoms with Gasteiger partial charge < -0.3 is 4.90 Å². The molecule has 0 spiro atoms. The van der Waals surface area contributed by atoms with Gasteiger partial charge in [0.2, 0.25) is 0 Å². The summed E-state index contributed by atoms with van der Waals surface area (Å²) in [5.74, 6) is 0.111. The zero-order chi connectivity index (χ0) is 13.8. The molecule has 0 heterocycles. The number of carbonyl (C=O) groups is 1. The average Bonchev–Trinajstić information content (AvgIpc) is 2.36. The molecular formula is C15H22ClNO. The van der Waals surface area contributed by atoms with Gasteiger partial charge in [-0.05, 0) is 39.4 Å². The molecule has 0 unspecified atom stereocenters. The Labute approximate surface area is 115 Å². The van der Waals surface area contributed by atoms with E-state index in [0.29, 0.717) is 17.0 Å². The van der Waals surface area contributed by atoms with Crippen LogP contribution in [0.25, 0.3) is 0 Å². The third-order valence-corrected chi connectivity index (χ3v) is 4.08. The summed E-state index contributed by atoms with van der Waals surface area (Å²) < 4.78 is 0. The minimum atomic E-state index is 0.111. The van der Waals surface area contributed by atoms with Crippen LogP contribution in [0.3, 0.4) is 0 Å². The Bertz CT molecular complexity index is 415. The molecule has 18 heavy (non-hydrogen) atoms. The molecular weight excluding hydrogens is 246 g/mol. The molecule has 0 amide bonds. The SMILES string of the molecule is CCC(C)(C)N(C)CCC(=O)c1ccccc1Cl. The Morgan fingerprint density at radius 2 is 1.94 bits per heavy atom. The summed E-state index contributed by atoms with van der Waals surface area (Å²) in [4.78, 5) is 14.3. The van der Waals surface area contributed by atoms with Gasteiger partial charge in [0.15, 0.2) is 5.78 Å².